The summed E-state index contributed by atoms with van der Waals surface area (Å²) >= 11 is 0. The number of piperazine rings is 1. The zero-order chi connectivity index (χ0) is 17.5. The molecule has 0 unspecified atom stereocenters. The Morgan fingerprint density at radius 1 is 0.923 bits per heavy atom. The Bertz CT molecular complexity index is 1140. The second-order valence-corrected chi connectivity index (χ2v) is 6.57. The normalized spacial score (nSPS) is 15.0. The number of H-pyrrole nitrogens is 1. The smallest absolute Gasteiger partial charge is 0.280 e. The summed E-state index contributed by atoms with van der Waals surface area (Å²) in [4.78, 5) is 19.7. The van der Waals surface area contributed by atoms with Crippen molar-refractivity contribution in [2.75, 3.05) is 31.1 Å². The molecule has 0 spiro atoms. The average molecular weight is 345 g/mol. The third-order valence-electron chi connectivity index (χ3n) is 5.01. The summed E-state index contributed by atoms with van der Waals surface area (Å²) < 4.78 is 1.59. The Balaban J connectivity index is 1.72. The first-order chi connectivity index (χ1) is 12.8. The van der Waals surface area contributed by atoms with Gasteiger partial charge in [-0.25, -0.2) is 4.68 Å². The van der Waals surface area contributed by atoms with Crippen LogP contribution >= 0.6 is 0 Å². The lowest BCUT2D eigenvalue weighted by atomic mass is 10.1. The number of hydrogen-bond donors (Lipinski definition) is 2. The van der Waals surface area contributed by atoms with Crippen LogP contribution in [-0.4, -0.2) is 40.9 Å². The highest BCUT2D eigenvalue weighted by Crippen LogP contribution is 2.26. The summed E-state index contributed by atoms with van der Waals surface area (Å²) in [5.74, 6) is 0. The van der Waals surface area contributed by atoms with Gasteiger partial charge in [0.2, 0.25) is 0 Å². The van der Waals surface area contributed by atoms with Crippen molar-refractivity contribution < 1.29 is 0 Å². The van der Waals surface area contributed by atoms with Crippen molar-refractivity contribution in [1.82, 2.24) is 20.1 Å². The van der Waals surface area contributed by atoms with Crippen molar-refractivity contribution in [3.05, 3.63) is 65.1 Å². The molecule has 0 bridgehead atoms. The van der Waals surface area contributed by atoms with Crippen LogP contribution in [0.1, 0.15) is 0 Å². The molecule has 4 aromatic rings. The predicted octanol–water partition coefficient (Wildman–Crippen LogP) is 2.28. The van der Waals surface area contributed by atoms with E-state index in [1.165, 1.54) is 5.69 Å². The van der Waals surface area contributed by atoms with E-state index in [2.05, 4.69) is 32.4 Å². The Morgan fingerprint density at radius 3 is 2.54 bits per heavy atom. The van der Waals surface area contributed by atoms with Crippen molar-refractivity contribution in [3.8, 4) is 5.69 Å². The van der Waals surface area contributed by atoms with Crippen molar-refractivity contribution in [2.24, 2.45) is 0 Å². The fourth-order valence-electron chi connectivity index (χ4n) is 3.62. The van der Waals surface area contributed by atoms with Crippen LogP contribution in [0.2, 0.25) is 0 Å². The highest BCUT2D eigenvalue weighted by molar-refractivity contribution is 6.04. The topological polar surface area (TPSA) is 66.0 Å². The Hall–Kier alpha value is -3.12. The number of nitrogens with one attached hydrogen (secondary N) is 2. The fourth-order valence-corrected chi connectivity index (χ4v) is 3.62. The van der Waals surface area contributed by atoms with Crippen LogP contribution in [0.3, 0.4) is 0 Å². The molecule has 2 N–H and O–H groups in total. The number of benzene rings is 2. The van der Waals surface area contributed by atoms with Crippen LogP contribution in [0.25, 0.3) is 27.5 Å². The number of rotatable bonds is 2. The monoisotopic (exact) mass is 345 g/mol. The van der Waals surface area contributed by atoms with E-state index in [4.69, 9.17) is 0 Å². The number of nitrogens with zero attached hydrogens (tertiary/aromatic N) is 3. The lowest BCUT2D eigenvalue weighted by Crippen LogP contribution is -2.43. The van der Waals surface area contributed by atoms with Gasteiger partial charge in [0.25, 0.3) is 5.56 Å². The predicted molar refractivity (Wildman–Crippen MR) is 104 cm³/mol. The summed E-state index contributed by atoms with van der Waals surface area (Å²) in [6, 6.07) is 15.9. The van der Waals surface area contributed by atoms with Crippen LogP contribution in [0, 0.1) is 0 Å². The van der Waals surface area contributed by atoms with E-state index in [0.717, 1.165) is 48.3 Å². The number of para-hydroxylation sites is 1. The van der Waals surface area contributed by atoms with Crippen LogP contribution < -0.4 is 15.8 Å². The molecular formula is C20H19N5O. The average Bonchev–Trinajstić information content (AvgIpc) is 3.06. The summed E-state index contributed by atoms with van der Waals surface area (Å²) in [6.45, 7) is 3.94. The van der Waals surface area contributed by atoms with E-state index >= 15 is 0 Å². The molecule has 1 saturated heterocycles. The fraction of sp³-hybridized carbons (Fsp3) is 0.200. The Kier molecular flexibility index (Phi) is 3.50. The van der Waals surface area contributed by atoms with Crippen molar-refractivity contribution in [3.63, 3.8) is 0 Å². The first-order valence-electron chi connectivity index (χ1n) is 8.86. The first-order valence-corrected chi connectivity index (χ1v) is 8.86. The molecule has 0 radical (unpaired) electrons. The molecule has 0 aliphatic carbocycles. The lowest BCUT2D eigenvalue weighted by Gasteiger charge is -2.29. The molecule has 1 fully saturated rings. The second kappa shape index (κ2) is 6.00. The van der Waals surface area contributed by atoms with Gasteiger partial charge in [0.05, 0.1) is 22.1 Å². The van der Waals surface area contributed by atoms with Gasteiger partial charge in [-0.3, -0.25) is 14.9 Å². The molecule has 26 heavy (non-hydrogen) atoms. The first kappa shape index (κ1) is 15.2. The summed E-state index contributed by atoms with van der Waals surface area (Å²) in [6.07, 6.45) is 1.67. The summed E-state index contributed by atoms with van der Waals surface area (Å²) in [5, 5.41) is 8.25. The van der Waals surface area contributed by atoms with Gasteiger partial charge in [0, 0.05) is 43.4 Å². The second-order valence-electron chi connectivity index (χ2n) is 6.57. The standard InChI is InChI=1S/C20H19N5O/c26-20-17-13-22-18-7-6-15(24-10-8-21-9-11-24)12-16(18)19(17)23-25(20)14-4-2-1-3-5-14/h1-7,12-13,21,23H,8-11H2. The highest BCUT2D eigenvalue weighted by Gasteiger charge is 2.15. The van der Waals surface area contributed by atoms with Gasteiger partial charge in [-0.15, -0.1) is 0 Å². The van der Waals surface area contributed by atoms with Crippen LogP contribution in [0.4, 0.5) is 5.69 Å². The molecule has 5 rings (SSSR count). The van der Waals surface area contributed by atoms with E-state index in [-0.39, 0.29) is 5.56 Å². The molecule has 0 amide bonds. The minimum absolute atomic E-state index is 0.0758. The van der Waals surface area contributed by atoms with E-state index in [1.807, 2.05) is 36.4 Å². The number of pyridine rings is 1. The molecule has 6 heteroatoms. The molecular weight excluding hydrogens is 326 g/mol. The molecule has 2 aromatic carbocycles. The SMILES string of the molecule is O=c1c2cnc3ccc(N4CCNCC4)cc3c2[nH]n1-c1ccccc1. The van der Waals surface area contributed by atoms with Gasteiger partial charge < -0.3 is 10.2 Å². The molecule has 130 valence electrons. The lowest BCUT2D eigenvalue weighted by molar-refractivity contribution is 0.589. The van der Waals surface area contributed by atoms with Gasteiger partial charge in [-0.05, 0) is 30.3 Å². The molecule has 6 nitrogen and oxygen atoms in total. The zero-order valence-corrected chi connectivity index (χ0v) is 14.3. The highest BCUT2D eigenvalue weighted by atomic mass is 16.1. The van der Waals surface area contributed by atoms with Gasteiger partial charge in [-0.1, -0.05) is 18.2 Å². The number of aromatic amines is 1. The summed E-state index contributed by atoms with van der Waals surface area (Å²) in [5.41, 5.74) is 3.63. The van der Waals surface area contributed by atoms with E-state index in [1.54, 1.807) is 10.9 Å². The maximum absolute atomic E-state index is 12.8. The van der Waals surface area contributed by atoms with Gasteiger partial charge in [-0.2, -0.15) is 0 Å². The quantitative estimate of drug-likeness (QED) is 0.585. The van der Waals surface area contributed by atoms with Crippen molar-refractivity contribution in [2.45, 2.75) is 0 Å². The van der Waals surface area contributed by atoms with Gasteiger partial charge in [0.1, 0.15) is 0 Å². The molecule has 3 heterocycles. The van der Waals surface area contributed by atoms with E-state index < -0.39 is 0 Å². The Labute approximate surface area is 150 Å². The number of anilines is 1. The van der Waals surface area contributed by atoms with Crippen molar-refractivity contribution in [1.29, 1.82) is 0 Å². The number of aromatic nitrogens is 3. The molecule has 0 saturated carbocycles. The minimum atomic E-state index is -0.0758. The molecule has 1 aliphatic heterocycles. The largest absolute Gasteiger partial charge is 0.369 e. The number of fused-ring (bicyclic) bond motifs is 3. The van der Waals surface area contributed by atoms with Crippen molar-refractivity contribution >= 4 is 27.5 Å². The third-order valence-corrected chi connectivity index (χ3v) is 5.01. The van der Waals surface area contributed by atoms with Crippen LogP contribution in [-0.2, 0) is 0 Å². The molecule has 0 atom stereocenters. The maximum atomic E-state index is 12.8. The third kappa shape index (κ3) is 2.38. The zero-order valence-electron chi connectivity index (χ0n) is 14.3. The molecule has 1 aliphatic rings. The van der Waals surface area contributed by atoms with Crippen LogP contribution in [0.15, 0.2) is 59.5 Å². The Morgan fingerprint density at radius 2 is 1.73 bits per heavy atom. The van der Waals surface area contributed by atoms with Crippen LogP contribution in [0.5, 0.6) is 0 Å². The van der Waals surface area contributed by atoms with E-state index in [0.29, 0.717) is 5.39 Å². The van der Waals surface area contributed by atoms with Gasteiger partial charge >= 0.3 is 0 Å². The molecule has 2 aromatic heterocycles. The number of hydrogen-bond acceptors (Lipinski definition) is 4. The van der Waals surface area contributed by atoms with Gasteiger partial charge in [0.15, 0.2) is 0 Å². The minimum Gasteiger partial charge on any atom is -0.369 e. The summed E-state index contributed by atoms with van der Waals surface area (Å²) in [7, 11) is 0. The van der Waals surface area contributed by atoms with E-state index in [9.17, 15) is 4.79 Å². The maximum Gasteiger partial charge on any atom is 0.280 e.